The Morgan fingerprint density at radius 3 is 1.96 bits per heavy atom. The maximum absolute atomic E-state index is 13.3. The molecule has 26 heavy (non-hydrogen) atoms. The average molecular weight is 388 g/mol. The van der Waals surface area contributed by atoms with Crippen molar-refractivity contribution in [2.24, 2.45) is 17.8 Å². The highest BCUT2D eigenvalue weighted by Crippen LogP contribution is 2.57. The van der Waals surface area contributed by atoms with Gasteiger partial charge in [-0.05, 0) is 50.9 Å². The number of aliphatic hydroxyl groups is 1. The zero-order valence-corrected chi connectivity index (χ0v) is 14.3. The molecule has 4 unspecified atom stereocenters. The number of fused-ring (bicyclic) bond motifs is 1. The number of esters is 1. The SMILES string of the molecule is C=C(C)C(=O)OC1CCCC2C1CCCC2C(O)(C(F)(F)F)C(F)(F)F. The van der Waals surface area contributed by atoms with Gasteiger partial charge < -0.3 is 9.84 Å². The minimum Gasteiger partial charge on any atom is -0.459 e. The second-order valence-corrected chi connectivity index (χ2v) is 7.28. The lowest BCUT2D eigenvalue weighted by atomic mass is 9.59. The Morgan fingerprint density at radius 1 is 0.962 bits per heavy atom. The minimum absolute atomic E-state index is 0.0986. The van der Waals surface area contributed by atoms with E-state index in [1.807, 2.05) is 0 Å². The number of alkyl halides is 6. The molecule has 2 rings (SSSR count). The standard InChI is InChI=1S/C17H22F6O3/c1-9(2)14(24)26-13-8-4-5-10-11(13)6-3-7-12(10)15(25,16(18,19)20)17(21,22)23/h10-13,25H,1,3-8H2,2H3. The van der Waals surface area contributed by atoms with Crippen molar-refractivity contribution in [1.29, 1.82) is 0 Å². The van der Waals surface area contributed by atoms with E-state index >= 15 is 0 Å². The molecule has 9 heteroatoms. The molecule has 0 aromatic rings. The van der Waals surface area contributed by atoms with E-state index in [1.165, 1.54) is 6.92 Å². The molecule has 0 radical (unpaired) electrons. The van der Waals surface area contributed by atoms with Crippen LogP contribution in [0, 0.1) is 17.8 Å². The molecule has 0 aromatic heterocycles. The lowest BCUT2D eigenvalue weighted by Crippen LogP contribution is -2.65. The van der Waals surface area contributed by atoms with Crippen LogP contribution in [-0.4, -0.2) is 35.1 Å². The monoisotopic (exact) mass is 388 g/mol. The molecule has 1 N–H and O–H groups in total. The predicted molar refractivity (Wildman–Crippen MR) is 79.9 cm³/mol. The number of halogens is 6. The zero-order valence-electron chi connectivity index (χ0n) is 14.3. The molecule has 4 atom stereocenters. The first-order chi connectivity index (χ1) is 11.8. The first kappa shape index (κ1) is 21.1. The molecule has 0 aromatic carbocycles. The van der Waals surface area contributed by atoms with Crippen LogP contribution in [0.5, 0.6) is 0 Å². The van der Waals surface area contributed by atoms with Gasteiger partial charge in [0.05, 0.1) is 0 Å². The van der Waals surface area contributed by atoms with Gasteiger partial charge in [-0.15, -0.1) is 0 Å². The normalized spacial score (nSPS) is 30.5. The van der Waals surface area contributed by atoms with Crippen LogP contribution in [0.25, 0.3) is 0 Å². The summed E-state index contributed by atoms with van der Waals surface area (Å²) in [5.74, 6) is -4.37. The van der Waals surface area contributed by atoms with Gasteiger partial charge in [-0.3, -0.25) is 0 Å². The van der Waals surface area contributed by atoms with Crippen molar-refractivity contribution in [2.45, 2.75) is 69.5 Å². The van der Waals surface area contributed by atoms with Crippen molar-refractivity contribution in [3.63, 3.8) is 0 Å². The highest BCUT2D eigenvalue weighted by atomic mass is 19.4. The molecule has 2 saturated carbocycles. The number of rotatable bonds is 3. The lowest BCUT2D eigenvalue weighted by molar-refractivity contribution is -0.394. The van der Waals surface area contributed by atoms with Gasteiger partial charge in [0.25, 0.3) is 5.60 Å². The Hall–Kier alpha value is -1.25. The number of hydrogen-bond donors (Lipinski definition) is 1. The van der Waals surface area contributed by atoms with Crippen LogP contribution in [0.15, 0.2) is 12.2 Å². The van der Waals surface area contributed by atoms with Crippen LogP contribution < -0.4 is 0 Å². The van der Waals surface area contributed by atoms with Gasteiger partial charge in [0.1, 0.15) is 6.10 Å². The molecular weight excluding hydrogens is 366 g/mol. The second kappa shape index (κ2) is 7.05. The van der Waals surface area contributed by atoms with E-state index in [0.717, 1.165) is 0 Å². The summed E-state index contributed by atoms with van der Waals surface area (Å²) in [6, 6.07) is 0. The molecule has 2 fully saturated rings. The van der Waals surface area contributed by atoms with E-state index in [2.05, 4.69) is 6.58 Å². The molecule has 0 bridgehead atoms. The molecule has 0 spiro atoms. The summed E-state index contributed by atoms with van der Waals surface area (Å²) in [7, 11) is 0. The third-order valence-electron chi connectivity index (χ3n) is 5.63. The summed E-state index contributed by atoms with van der Waals surface area (Å²) in [6.07, 6.45) is -11.5. The van der Waals surface area contributed by atoms with Gasteiger partial charge in [0.15, 0.2) is 0 Å². The number of carbonyl (C=O) groups excluding carboxylic acids is 1. The molecule has 3 nitrogen and oxygen atoms in total. The van der Waals surface area contributed by atoms with Gasteiger partial charge in [-0.25, -0.2) is 4.79 Å². The quantitative estimate of drug-likeness (QED) is 0.439. The van der Waals surface area contributed by atoms with E-state index in [-0.39, 0.29) is 24.8 Å². The molecule has 0 aliphatic heterocycles. The highest BCUT2D eigenvalue weighted by molar-refractivity contribution is 5.87. The summed E-state index contributed by atoms with van der Waals surface area (Å²) in [6.45, 7) is 4.85. The Morgan fingerprint density at radius 2 is 1.46 bits per heavy atom. The van der Waals surface area contributed by atoms with E-state index in [4.69, 9.17) is 4.74 Å². The topological polar surface area (TPSA) is 46.5 Å². The predicted octanol–water partition coefficient (Wildman–Crippen LogP) is 4.55. The minimum atomic E-state index is -5.83. The maximum atomic E-state index is 13.3. The summed E-state index contributed by atoms with van der Waals surface area (Å²) in [4.78, 5) is 11.8. The number of carbonyl (C=O) groups is 1. The van der Waals surface area contributed by atoms with Crippen molar-refractivity contribution < 1.29 is 41.0 Å². The smallest absolute Gasteiger partial charge is 0.426 e. The molecule has 150 valence electrons. The fourth-order valence-corrected chi connectivity index (χ4v) is 4.43. The number of hydrogen-bond acceptors (Lipinski definition) is 3. The Labute approximate surface area is 147 Å². The van der Waals surface area contributed by atoms with E-state index in [1.54, 1.807) is 0 Å². The van der Waals surface area contributed by atoms with Gasteiger partial charge >= 0.3 is 18.3 Å². The van der Waals surface area contributed by atoms with E-state index in [9.17, 15) is 36.2 Å². The van der Waals surface area contributed by atoms with Crippen LogP contribution in [-0.2, 0) is 9.53 Å². The van der Waals surface area contributed by atoms with Gasteiger partial charge in [-0.1, -0.05) is 13.0 Å². The third-order valence-corrected chi connectivity index (χ3v) is 5.63. The van der Waals surface area contributed by atoms with Crippen molar-refractivity contribution >= 4 is 5.97 Å². The molecule has 2 aliphatic rings. The molecule has 0 amide bonds. The van der Waals surface area contributed by atoms with Crippen LogP contribution in [0.2, 0.25) is 0 Å². The summed E-state index contributed by atoms with van der Waals surface area (Å²) < 4.78 is 85.0. The van der Waals surface area contributed by atoms with Crippen molar-refractivity contribution in [2.75, 3.05) is 0 Å². The van der Waals surface area contributed by atoms with Crippen LogP contribution >= 0.6 is 0 Å². The molecule has 0 heterocycles. The maximum Gasteiger partial charge on any atom is 0.426 e. The van der Waals surface area contributed by atoms with Crippen LogP contribution in [0.1, 0.15) is 45.4 Å². The second-order valence-electron chi connectivity index (χ2n) is 7.28. The third kappa shape index (κ3) is 3.59. The molecule has 2 aliphatic carbocycles. The fraction of sp³-hybridized carbons (Fsp3) is 0.824. The first-order valence-corrected chi connectivity index (χ1v) is 8.53. The highest BCUT2D eigenvalue weighted by Gasteiger charge is 2.75. The Kier molecular flexibility index (Phi) is 5.71. The van der Waals surface area contributed by atoms with E-state index in [0.29, 0.717) is 19.3 Å². The van der Waals surface area contributed by atoms with Crippen molar-refractivity contribution in [3.05, 3.63) is 12.2 Å². The van der Waals surface area contributed by atoms with Gasteiger partial charge in [0.2, 0.25) is 0 Å². The fourth-order valence-electron chi connectivity index (χ4n) is 4.43. The van der Waals surface area contributed by atoms with Crippen molar-refractivity contribution in [3.8, 4) is 0 Å². The number of ether oxygens (including phenoxy) is 1. The average Bonchev–Trinajstić information content (AvgIpc) is 2.51. The van der Waals surface area contributed by atoms with Crippen LogP contribution in [0.3, 0.4) is 0 Å². The van der Waals surface area contributed by atoms with Crippen molar-refractivity contribution in [1.82, 2.24) is 0 Å². The van der Waals surface area contributed by atoms with E-state index < -0.39 is 47.8 Å². The summed E-state index contributed by atoms with van der Waals surface area (Å²) in [5, 5.41) is 9.83. The first-order valence-electron chi connectivity index (χ1n) is 8.53. The molecule has 0 saturated heterocycles. The zero-order chi connectivity index (χ0) is 19.9. The largest absolute Gasteiger partial charge is 0.459 e. The summed E-state index contributed by atoms with van der Waals surface area (Å²) in [5.41, 5.74) is -4.65. The lowest BCUT2D eigenvalue weighted by Gasteiger charge is -2.50. The van der Waals surface area contributed by atoms with Gasteiger partial charge in [-0.2, -0.15) is 26.3 Å². The Balaban J connectivity index is 2.34. The van der Waals surface area contributed by atoms with Gasteiger partial charge in [0, 0.05) is 11.5 Å². The summed E-state index contributed by atoms with van der Waals surface area (Å²) >= 11 is 0. The molecular formula is C17H22F6O3. The Bertz CT molecular complexity index is 540. The van der Waals surface area contributed by atoms with Crippen LogP contribution in [0.4, 0.5) is 26.3 Å².